The van der Waals surface area contributed by atoms with Crippen LogP contribution in [0.3, 0.4) is 0 Å². The summed E-state index contributed by atoms with van der Waals surface area (Å²) in [5, 5.41) is 0.186. The normalized spacial score (nSPS) is 23.0. The van der Waals surface area contributed by atoms with Gasteiger partial charge in [-0.25, -0.2) is 0 Å². The Bertz CT molecular complexity index is 987. The van der Waals surface area contributed by atoms with E-state index < -0.39 is 25.0 Å². The number of methoxy groups -OCH3 is 1. The van der Waals surface area contributed by atoms with Crippen LogP contribution in [0.1, 0.15) is 101 Å². The predicted molar refractivity (Wildman–Crippen MR) is 194 cm³/mol. The molecule has 1 saturated carbocycles. The molecule has 0 aliphatic heterocycles. The molecule has 1 fully saturated rings. The molecule has 45 heavy (non-hydrogen) atoms. The van der Waals surface area contributed by atoms with Gasteiger partial charge in [-0.1, -0.05) is 74.5 Å². The number of ether oxygens (including phenoxy) is 2. The fourth-order valence-electron chi connectivity index (χ4n) is 4.99. The van der Waals surface area contributed by atoms with Crippen molar-refractivity contribution < 1.29 is 32.3 Å². The number of carbonyl (C=O) groups excluding carboxylic acids is 2. The highest BCUT2D eigenvalue weighted by atomic mass is 28.4. The first-order valence-corrected chi connectivity index (χ1v) is 25.8. The summed E-state index contributed by atoms with van der Waals surface area (Å²) in [6, 6.07) is 0. The molecule has 1 aliphatic carbocycles. The van der Waals surface area contributed by atoms with E-state index in [4.69, 9.17) is 22.8 Å². The second-order valence-corrected chi connectivity index (χ2v) is 32.0. The van der Waals surface area contributed by atoms with E-state index in [2.05, 4.69) is 114 Å². The molecule has 1 aliphatic rings. The molecule has 10 heteroatoms. The molecule has 5 atom stereocenters. The molecule has 0 aromatic heterocycles. The van der Waals surface area contributed by atoms with Crippen molar-refractivity contribution in [3.8, 4) is 0 Å². The summed E-state index contributed by atoms with van der Waals surface area (Å²) in [6.07, 6.45) is 7.75. The highest BCUT2D eigenvalue weighted by molar-refractivity contribution is 6.75. The molecule has 0 N–H and O–H groups in total. The van der Waals surface area contributed by atoms with E-state index in [-0.39, 0.29) is 57.2 Å². The molecule has 0 heterocycles. The lowest BCUT2D eigenvalue weighted by Gasteiger charge is -2.40. The van der Waals surface area contributed by atoms with Crippen molar-refractivity contribution in [3.63, 3.8) is 0 Å². The van der Waals surface area contributed by atoms with Crippen molar-refractivity contribution in [1.29, 1.82) is 0 Å². The molecule has 0 radical (unpaired) electrons. The molecule has 1 unspecified atom stereocenters. The van der Waals surface area contributed by atoms with Gasteiger partial charge >= 0.3 is 11.9 Å². The van der Waals surface area contributed by atoms with Gasteiger partial charge < -0.3 is 22.8 Å². The molecular formula is C35H70O7Si3. The lowest BCUT2D eigenvalue weighted by molar-refractivity contribution is -0.142. The SMILES string of the molecule is COC(=O)CCCC(/C=C/[C@H]1[C@@H](CCOC(C)=O)[C@H](O[Si](C)(C)C(C)(C)C)C[C@@H]1O[Si](C)(C)C(C)(C)C)O[Si](C)(C)C(C)(C)C. The van der Waals surface area contributed by atoms with E-state index in [0.717, 1.165) is 12.8 Å². The summed E-state index contributed by atoms with van der Waals surface area (Å²) >= 11 is 0. The van der Waals surface area contributed by atoms with Gasteiger partial charge in [-0.15, -0.1) is 0 Å². The van der Waals surface area contributed by atoms with Gasteiger partial charge in [-0.3, -0.25) is 9.59 Å². The van der Waals surface area contributed by atoms with Crippen LogP contribution in [0.4, 0.5) is 0 Å². The van der Waals surface area contributed by atoms with Gasteiger partial charge in [0.1, 0.15) is 0 Å². The first-order valence-electron chi connectivity index (χ1n) is 17.1. The fourth-order valence-corrected chi connectivity index (χ4v) is 9.04. The quantitative estimate of drug-likeness (QED) is 0.0964. The van der Waals surface area contributed by atoms with Gasteiger partial charge in [0, 0.05) is 19.3 Å². The van der Waals surface area contributed by atoms with E-state index >= 15 is 0 Å². The van der Waals surface area contributed by atoms with Gasteiger partial charge in [0.15, 0.2) is 25.0 Å². The maximum Gasteiger partial charge on any atom is 0.305 e. The Morgan fingerprint density at radius 3 is 1.73 bits per heavy atom. The topological polar surface area (TPSA) is 80.3 Å². The number of esters is 2. The van der Waals surface area contributed by atoms with E-state index in [1.165, 1.54) is 14.0 Å². The van der Waals surface area contributed by atoms with E-state index in [1.807, 2.05) is 0 Å². The molecule has 0 amide bonds. The minimum absolute atomic E-state index is 0.00459. The van der Waals surface area contributed by atoms with Crippen LogP contribution in [-0.2, 0) is 32.3 Å². The Hall–Kier alpha value is -0.789. The van der Waals surface area contributed by atoms with E-state index in [0.29, 0.717) is 25.9 Å². The molecule has 0 aromatic rings. The smallest absolute Gasteiger partial charge is 0.305 e. The van der Waals surface area contributed by atoms with Crippen molar-refractivity contribution in [2.45, 2.75) is 174 Å². The molecule has 0 spiro atoms. The summed E-state index contributed by atoms with van der Waals surface area (Å²) in [5.74, 6) is -0.243. The summed E-state index contributed by atoms with van der Waals surface area (Å²) in [4.78, 5) is 23.7. The van der Waals surface area contributed by atoms with E-state index in [1.54, 1.807) is 0 Å². The molecule has 0 bridgehead atoms. The lowest BCUT2D eigenvalue weighted by Crippen LogP contribution is -2.45. The third-order valence-electron chi connectivity index (χ3n) is 11.0. The van der Waals surface area contributed by atoms with Crippen LogP contribution < -0.4 is 0 Å². The van der Waals surface area contributed by atoms with Crippen LogP contribution in [0.25, 0.3) is 0 Å². The zero-order valence-electron chi connectivity index (χ0n) is 32.1. The minimum Gasteiger partial charge on any atom is -0.469 e. The highest BCUT2D eigenvalue weighted by Gasteiger charge is 2.51. The Morgan fingerprint density at radius 2 is 1.29 bits per heavy atom. The number of carbonyl (C=O) groups is 2. The fraction of sp³-hybridized carbons (Fsp3) is 0.886. The number of rotatable bonds is 15. The van der Waals surface area contributed by atoms with Crippen molar-refractivity contribution in [2.24, 2.45) is 11.8 Å². The number of hydrogen-bond donors (Lipinski definition) is 0. The average Bonchev–Trinajstić information content (AvgIpc) is 3.13. The lowest BCUT2D eigenvalue weighted by atomic mass is 9.90. The van der Waals surface area contributed by atoms with Crippen LogP contribution in [0.5, 0.6) is 0 Å². The second-order valence-electron chi connectivity index (χ2n) is 17.7. The van der Waals surface area contributed by atoms with Gasteiger partial charge in [0.2, 0.25) is 0 Å². The third kappa shape index (κ3) is 12.6. The van der Waals surface area contributed by atoms with E-state index in [9.17, 15) is 9.59 Å². The molecule has 0 saturated heterocycles. The predicted octanol–water partition coefficient (Wildman–Crippen LogP) is 9.65. The molecule has 0 aromatic carbocycles. The Kier molecular flexibility index (Phi) is 15.1. The second kappa shape index (κ2) is 16.1. The standard InChI is InChI=1S/C35H70O7Si3/c1-26(36)39-24-23-29-28(22-21-27(19-18-20-32(37)38-11)40-43(12,13)33(2,3)4)30(41-44(14,15)34(5,6)7)25-31(29)42-45(16,17)35(8,9)10/h21-22,27-31H,18-20,23-25H2,1-17H3/b22-21+/t27?,28-,29+,30-,31+/m0/s1. The minimum atomic E-state index is -2.11. The Labute approximate surface area is 280 Å². The monoisotopic (exact) mass is 686 g/mol. The first-order chi connectivity index (χ1) is 20.1. The first kappa shape index (κ1) is 42.2. The maximum atomic E-state index is 11.9. The zero-order valence-corrected chi connectivity index (χ0v) is 35.1. The summed E-state index contributed by atoms with van der Waals surface area (Å²) < 4.78 is 31.7. The average molecular weight is 687 g/mol. The van der Waals surface area contributed by atoms with Crippen molar-refractivity contribution in [3.05, 3.63) is 12.2 Å². The maximum absolute atomic E-state index is 11.9. The third-order valence-corrected chi connectivity index (χ3v) is 24.5. The van der Waals surface area contributed by atoms with Crippen LogP contribution in [0.15, 0.2) is 12.2 Å². The van der Waals surface area contributed by atoms with Crippen LogP contribution >= 0.6 is 0 Å². The molecular weight excluding hydrogens is 617 g/mol. The van der Waals surface area contributed by atoms with Gasteiger partial charge in [0.25, 0.3) is 0 Å². The summed E-state index contributed by atoms with van der Waals surface area (Å²) in [6.45, 7) is 36.1. The van der Waals surface area contributed by atoms with Crippen LogP contribution in [0.2, 0.25) is 54.4 Å². The van der Waals surface area contributed by atoms with Crippen LogP contribution in [0, 0.1) is 11.8 Å². The summed E-state index contributed by atoms with van der Waals surface area (Å²) in [5.41, 5.74) is 0. The van der Waals surface area contributed by atoms with Crippen LogP contribution in [-0.4, -0.2) is 68.9 Å². The zero-order chi connectivity index (χ0) is 35.2. The van der Waals surface area contributed by atoms with Gasteiger partial charge in [-0.05, 0) is 86.0 Å². The highest BCUT2D eigenvalue weighted by Crippen LogP contribution is 2.48. The summed E-state index contributed by atoms with van der Waals surface area (Å²) in [7, 11) is -4.87. The molecule has 264 valence electrons. The van der Waals surface area contributed by atoms with Gasteiger partial charge in [-0.2, -0.15) is 0 Å². The Morgan fingerprint density at radius 1 is 0.800 bits per heavy atom. The van der Waals surface area contributed by atoms with Gasteiger partial charge in [0.05, 0.1) is 32.0 Å². The molecule has 1 rings (SSSR count). The number of hydrogen-bond acceptors (Lipinski definition) is 7. The largest absolute Gasteiger partial charge is 0.469 e. The van der Waals surface area contributed by atoms with Crippen molar-refractivity contribution in [2.75, 3.05) is 13.7 Å². The molecule has 7 nitrogen and oxygen atoms in total. The Balaban J connectivity index is 3.62. The van der Waals surface area contributed by atoms with Crippen molar-refractivity contribution >= 4 is 36.9 Å². The van der Waals surface area contributed by atoms with Crippen molar-refractivity contribution in [1.82, 2.24) is 0 Å².